The maximum Gasteiger partial charge on any atom is 0.338 e. The second-order valence-corrected chi connectivity index (χ2v) is 7.95. The topological polar surface area (TPSA) is 60.4 Å². The number of carbonyl (C=O) groups is 1. The van der Waals surface area contributed by atoms with Gasteiger partial charge in [-0.1, -0.05) is 31.9 Å². The fourth-order valence-corrected chi connectivity index (χ4v) is 3.45. The maximum atomic E-state index is 12.0. The molecule has 1 aromatic rings. The zero-order valence-electron chi connectivity index (χ0n) is 12.2. The van der Waals surface area contributed by atoms with Gasteiger partial charge in [-0.2, -0.15) is 0 Å². The zero-order valence-corrected chi connectivity index (χ0v) is 14.5. The van der Waals surface area contributed by atoms with E-state index < -0.39 is 15.0 Å². The Balaban J connectivity index is 2.99. The van der Waals surface area contributed by atoms with E-state index in [9.17, 15) is 13.2 Å². The number of benzene rings is 1. The fraction of sp³-hybridized carbons (Fsp3) is 0.500. The molecule has 0 saturated heterocycles. The largest absolute Gasteiger partial charge is 0.462 e. The summed E-state index contributed by atoms with van der Waals surface area (Å²) in [6, 6.07) is 2.63. The van der Waals surface area contributed by atoms with Gasteiger partial charge in [-0.3, -0.25) is 0 Å². The average Bonchev–Trinajstić information content (AvgIpc) is 2.38. The zero-order chi connectivity index (χ0) is 16.2. The number of hydrogen-bond donors (Lipinski definition) is 0. The van der Waals surface area contributed by atoms with Gasteiger partial charge >= 0.3 is 5.97 Å². The summed E-state index contributed by atoms with van der Waals surface area (Å²) in [4.78, 5) is 11.7. The molecule has 0 radical (unpaired) electrons. The van der Waals surface area contributed by atoms with Crippen LogP contribution in [-0.4, -0.2) is 21.0 Å². The van der Waals surface area contributed by atoms with Crippen LogP contribution in [0.15, 0.2) is 17.0 Å². The van der Waals surface area contributed by atoms with Gasteiger partial charge in [0, 0.05) is 10.7 Å². The summed E-state index contributed by atoms with van der Waals surface area (Å²) >= 11 is 5.91. The van der Waals surface area contributed by atoms with Gasteiger partial charge in [0.1, 0.15) is 4.90 Å². The van der Waals surface area contributed by atoms with Crippen LogP contribution in [0.2, 0.25) is 5.02 Å². The molecule has 0 heterocycles. The molecule has 4 nitrogen and oxygen atoms in total. The molecule has 0 N–H and O–H groups in total. The minimum absolute atomic E-state index is 0.0147. The molecule has 0 amide bonds. The lowest BCUT2D eigenvalue weighted by Gasteiger charge is -2.12. The highest BCUT2D eigenvalue weighted by Crippen LogP contribution is 2.29. The molecule has 1 rings (SSSR count). The van der Waals surface area contributed by atoms with Gasteiger partial charge < -0.3 is 4.74 Å². The molecule has 0 spiro atoms. The van der Waals surface area contributed by atoms with Crippen LogP contribution in [-0.2, 0) is 13.8 Å². The lowest BCUT2D eigenvalue weighted by Crippen LogP contribution is -2.13. The van der Waals surface area contributed by atoms with E-state index in [0.717, 1.165) is 18.9 Å². The number of aryl methyl sites for hydroxylation is 1. The molecule has 7 heteroatoms. The van der Waals surface area contributed by atoms with Crippen LogP contribution in [0.4, 0.5) is 0 Å². The Morgan fingerprint density at radius 1 is 1.38 bits per heavy atom. The quantitative estimate of drug-likeness (QED) is 0.569. The van der Waals surface area contributed by atoms with E-state index in [0.29, 0.717) is 5.56 Å². The standard InChI is InChI=1S/C14H18Cl2O4S/c1-4-5-9(2)8-20-14(17)11-6-10(3)13(15)12(7-11)21(16,18)19/h6-7,9H,4-5,8H2,1-3H3. The van der Waals surface area contributed by atoms with E-state index in [2.05, 4.69) is 6.92 Å². The first-order valence-corrected chi connectivity index (χ1v) is 9.27. The van der Waals surface area contributed by atoms with Gasteiger partial charge in [-0.25, -0.2) is 13.2 Å². The maximum absolute atomic E-state index is 12.0. The van der Waals surface area contributed by atoms with Crippen molar-refractivity contribution in [1.82, 2.24) is 0 Å². The molecule has 0 aliphatic heterocycles. The van der Waals surface area contributed by atoms with Crippen molar-refractivity contribution in [3.8, 4) is 0 Å². The highest BCUT2D eigenvalue weighted by molar-refractivity contribution is 8.13. The third-order valence-corrected chi connectivity index (χ3v) is 4.96. The van der Waals surface area contributed by atoms with Crippen LogP contribution in [0.3, 0.4) is 0 Å². The Labute approximate surface area is 134 Å². The molecule has 0 aliphatic carbocycles. The van der Waals surface area contributed by atoms with Crippen molar-refractivity contribution in [2.24, 2.45) is 5.92 Å². The highest BCUT2D eigenvalue weighted by Gasteiger charge is 2.20. The number of esters is 1. The molecular formula is C14H18Cl2O4S. The van der Waals surface area contributed by atoms with Crippen LogP contribution < -0.4 is 0 Å². The first-order valence-electron chi connectivity index (χ1n) is 6.58. The number of rotatable bonds is 6. The number of halogens is 2. The summed E-state index contributed by atoms with van der Waals surface area (Å²) < 4.78 is 28.1. The highest BCUT2D eigenvalue weighted by atomic mass is 35.7. The number of ether oxygens (including phenoxy) is 1. The molecule has 1 aromatic carbocycles. The second-order valence-electron chi connectivity index (χ2n) is 5.04. The van der Waals surface area contributed by atoms with Crippen LogP contribution in [0, 0.1) is 12.8 Å². The Hall–Kier alpha value is -0.780. The lowest BCUT2D eigenvalue weighted by atomic mass is 10.1. The summed E-state index contributed by atoms with van der Waals surface area (Å²) in [5, 5.41) is 0.0147. The summed E-state index contributed by atoms with van der Waals surface area (Å²) in [5.41, 5.74) is 0.576. The van der Waals surface area contributed by atoms with Crippen LogP contribution >= 0.6 is 22.3 Å². The molecule has 0 bridgehead atoms. The van der Waals surface area contributed by atoms with Gasteiger partial charge in [-0.05, 0) is 37.0 Å². The van der Waals surface area contributed by atoms with Crippen LogP contribution in [0.25, 0.3) is 0 Å². The lowest BCUT2D eigenvalue weighted by molar-refractivity contribution is 0.0443. The third kappa shape index (κ3) is 5.16. The van der Waals surface area contributed by atoms with E-state index in [-0.39, 0.29) is 28.0 Å². The van der Waals surface area contributed by atoms with Crippen molar-refractivity contribution in [2.75, 3.05) is 6.61 Å². The average molecular weight is 353 g/mol. The Morgan fingerprint density at radius 2 is 2.00 bits per heavy atom. The number of hydrogen-bond acceptors (Lipinski definition) is 4. The molecule has 0 fully saturated rings. The molecule has 0 aromatic heterocycles. The van der Waals surface area contributed by atoms with Gasteiger partial charge in [0.2, 0.25) is 0 Å². The molecule has 1 atom stereocenters. The third-order valence-electron chi connectivity index (χ3n) is 3.00. The Kier molecular flexibility index (Phi) is 6.50. The molecule has 0 saturated carbocycles. The predicted molar refractivity (Wildman–Crippen MR) is 83.6 cm³/mol. The SMILES string of the molecule is CCCC(C)COC(=O)c1cc(C)c(Cl)c(S(=O)(=O)Cl)c1. The molecule has 118 valence electrons. The van der Waals surface area contributed by atoms with Crippen molar-refractivity contribution in [2.45, 2.75) is 38.5 Å². The molecule has 0 aliphatic rings. The fourth-order valence-electron chi connectivity index (χ4n) is 1.91. The van der Waals surface area contributed by atoms with Gasteiger partial charge in [-0.15, -0.1) is 0 Å². The van der Waals surface area contributed by atoms with E-state index in [1.165, 1.54) is 6.07 Å². The van der Waals surface area contributed by atoms with Crippen molar-refractivity contribution >= 4 is 37.3 Å². The van der Waals surface area contributed by atoms with Crippen molar-refractivity contribution in [1.29, 1.82) is 0 Å². The first kappa shape index (κ1) is 18.3. The van der Waals surface area contributed by atoms with Crippen molar-refractivity contribution in [3.63, 3.8) is 0 Å². The normalized spacial score (nSPS) is 13.0. The smallest absolute Gasteiger partial charge is 0.338 e. The second kappa shape index (κ2) is 7.47. The molecule has 1 unspecified atom stereocenters. The van der Waals surface area contributed by atoms with Gasteiger partial charge in [0.25, 0.3) is 9.05 Å². The predicted octanol–water partition coefficient (Wildman–Crippen LogP) is 4.17. The summed E-state index contributed by atoms with van der Waals surface area (Å²) in [5.74, 6) is -0.331. The monoisotopic (exact) mass is 352 g/mol. The minimum atomic E-state index is -4.02. The summed E-state index contributed by atoms with van der Waals surface area (Å²) in [7, 11) is 1.30. The summed E-state index contributed by atoms with van der Waals surface area (Å²) in [6.07, 6.45) is 1.96. The Morgan fingerprint density at radius 3 is 2.52 bits per heavy atom. The molecule has 21 heavy (non-hydrogen) atoms. The van der Waals surface area contributed by atoms with E-state index >= 15 is 0 Å². The van der Waals surface area contributed by atoms with E-state index in [4.69, 9.17) is 27.0 Å². The Bertz CT molecular complexity index is 626. The first-order chi connectivity index (χ1) is 9.66. The minimum Gasteiger partial charge on any atom is -0.462 e. The van der Waals surface area contributed by atoms with Crippen molar-refractivity contribution < 1.29 is 17.9 Å². The van der Waals surface area contributed by atoms with Gasteiger partial charge in [0.05, 0.1) is 17.2 Å². The van der Waals surface area contributed by atoms with Crippen molar-refractivity contribution in [3.05, 3.63) is 28.3 Å². The van der Waals surface area contributed by atoms with E-state index in [1.807, 2.05) is 6.92 Å². The molecular weight excluding hydrogens is 335 g/mol. The van der Waals surface area contributed by atoms with Crippen LogP contribution in [0.1, 0.15) is 42.6 Å². The van der Waals surface area contributed by atoms with Gasteiger partial charge in [0.15, 0.2) is 0 Å². The van der Waals surface area contributed by atoms with Crippen LogP contribution in [0.5, 0.6) is 0 Å². The van der Waals surface area contributed by atoms with E-state index in [1.54, 1.807) is 6.92 Å². The summed E-state index contributed by atoms with van der Waals surface area (Å²) in [6.45, 7) is 5.93. The number of carbonyl (C=O) groups excluding carboxylic acids is 1.